The lowest BCUT2D eigenvalue weighted by Gasteiger charge is -2.11. The van der Waals surface area contributed by atoms with Gasteiger partial charge in [-0.1, -0.05) is 43.3 Å². The SMILES string of the molecule is CC1CC1C(=O)Nc1ccccc1CS(=O)(=O)c1ccccc1. The molecule has 1 amide bonds. The van der Waals surface area contributed by atoms with Crippen molar-refractivity contribution in [2.24, 2.45) is 11.8 Å². The number of carbonyl (C=O) groups is 1. The van der Waals surface area contributed by atoms with Gasteiger partial charge in [-0.05, 0) is 36.1 Å². The molecule has 4 nitrogen and oxygen atoms in total. The van der Waals surface area contributed by atoms with E-state index in [1.807, 2.05) is 6.92 Å². The molecule has 2 unspecified atom stereocenters. The monoisotopic (exact) mass is 329 g/mol. The Bertz CT molecular complexity index is 815. The van der Waals surface area contributed by atoms with E-state index in [0.717, 1.165) is 6.42 Å². The van der Waals surface area contributed by atoms with Crippen LogP contribution < -0.4 is 5.32 Å². The summed E-state index contributed by atoms with van der Waals surface area (Å²) in [6, 6.07) is 15.4. The van der Waals surface area contributed by atoms with Crippen LogP contribution in [0.4, 0.5) is 5.69 Å². The number of anilines is 1. The molecule has 0 spiro atoms. The lowest BCUT2D eigenvalue weighted by Crippen LogP contribution is -2.16. The number of sulfone groups is 1. The summed E-state index contributed by atoms with van der Waals surface area (Å²) in [5.74, 6) is 0.305. The van der Waals surface area contributed by atoms with E-state index in [9.17, 15) is 13.2 Å². The van der Waals surface area contributed by atoms with Gasteiger partial charge in [0.05, 0.1) is 10.6 Å². The van der Waals surface area contributed by atoms with Gasteiger partial charge in [-0.3, -0.25) is 4.79 Å². The van der Waals surface area contributed by atoms with Crippen molar-refractivity contribution >= 4 is 21.4 Å². The fraction of sp³-hybridized carbons (Fsp3) is 0.278. The fourth-order valence-corrected chi connectivity index (χ4v) is 4.00. The second-order valence-corrected chi connectivity index (χ2v) is 8.03. The molecule has 0 radical (unpaired) electrons. The van der Waals surface area contributed by atoms with Gasteiger partial charge in [0.15, 0.2) is 9.84 Å². The van der Waals surface area contributed by atoms with E-state index in [-0.39, 0.29) is 22.5 Å². The quantitative estimate of drug-likeness (QED) is 0.916. The molecular weight excluding hydrogens is 310 g/mol. The first-order valence-electron chi connectivity index (χ1n) is 7.64. The Kier molecular flexibility index (Phi) is 4.22. The van der Waals surface area contributed by atoms with Gasteiger partial charge in [-0.25, -0.2) is 8.42 Å². The first-order chi connectivity index (χ1) is 11.0. The smallest absolute Gasteiger partial charge is 0.227 e. The number of amides is 1. The Labute approximate surface area is 136 Å². The van der Waals surface area contributed by atoms with E-state index in [2.05, 4.69) is 5.32 Å². The van der Waals surface area contributed by atoms with Crippen LogP contribution in [0.3, 0.4) is 0 Å². The molecule has 0 heterocycles. The molecule has 2 atom stereocenters. The average Bonchev–Trinajstić information content (AvgIpc) is 3.27. The zero-order valence-electron chi connectivity index (χ0n) is 12.9. The Morgan fingerprint density at radius 3 is 2.35 bits per heavy atom. The number of benzene rings is 2. The molecule has 0 aliphatic heterocycles. The maximum absolute atomic E-state index is 12.5. The third-order valence-corrected chi connectivity index (χ3v) is 5.85. The highest BCUT2D eigenvalue weighted by atomic mass is 32.2. The van der Waals surface area contributed by atoms with Gasteiger partial charge in [0.1, 0.15) is 0 Å². The maximum Gasteiger partial charge on any atom is 0.227 e. The van der Waals surface area contributed by atoms with Gasteiger partial charge in [0.25, 0.3) is 0 Å². The largest absolute Gasteiger partial charge is 0.326 e. The molecule has 5 heteroatoms. The van der Waals surface area contributed by atoms with E-state index in [4.69, 9.17) is 0 Å². The zero-order chi connectivity index (χ0) is 16.4. The van der Waals surface area contributed by atoms with Crippen LogP contribution in [-0.4, -0.2) is 14.3 Å². The maximum atomic E-state index is 12.5. The minimum absolute atomic E-state index is 0.0259. The summed E-state index contributed by atoms with van der Waals surface area (Å²) in [7, 11) is -3.44. The Morgan fingerprint density at radius 2 is 1.70 bits per heavy atom. The fourth-order valence-electron chi connectivity index (χ4n) is 2.60. The molecule has 3 rings (SSSR count). The van der Waals surface area contributed by atoms with Crippen molar-refractivity contribution in [2.75, 3.05) is 5.32 Å². The molecule has 1 N–H and O–H groups in total. The van der Waals surface area contributed by atoms with Crippen molar-refractivity contribution < 1.29 is 13.2 Å². The van der Waals surface area contributed by atoms with Crippen LogP contribution in [-0.2, 0) is 20.4 Å². The predicted octanol–water partition coefficient (Wildman–Crippen LogP) is 3.26. The van der Waals surface area contributed by atoms with E-state index >= 15 is 0 Å². The van der Waals surface area contributed by atoms with Crippen LogP contribution in [0.2, 0.25) is 0 Å². The molecule has 23 heavy (non-hydrogen) atoms. The summed E-state index contributed by atoms with van der Waals surface area (Å²) in [6.45, 7) is 2.04. The van der Waals surface area contributed by atoms with Gasteiger partial charge in [-0.15, -0.1) is 0 Å². The normalized spacial score (nSPS) is 20.0. The first kappa shape index (κ1) is 15.7. The number of hydrogen-bond acceptors (Lipinski definition) is 3. The van der Waals surface area contributed by atoms with Crippen LogP contribution in [0.5, 0.6) is 0 Å². The van der Waals surface area contributed by atoms with Gasteiger partial charge < -0.3 is 5.32 Å². The second-order valence-electron chi connectivity index (χ2n) is 6.04. The Morgan fingerprint density at radius 1 is 1.09 bits per heavy atom. The standard InChI is InChI=1S/C18H19NO3S/c1-13-11-16(13)18(20)19-17-10-6-5-7-14(17)12-23(21,22)15-8-3-2-4-9-15/h2-10,13,16H,11-12H2,1H3,(H,19,20). The number of carbonyl (C=O) groups excluding carboxylic acids is 1. The summed E-state index contributed by atoms with van der Waals surface area (Å²) in [5.41, 5.74) is 1.19. The lowest BCUT2D eigenvalue weighted by atomic mass is 10.2. The topological polar surface area (TPSA) is 63.2 Å². The summed E-state index contributed by atoms with van der Waals surface area (Å²) in [4.78, 5) is 12.4. The van der Waals surface area contributed by atoms with Crippen LogP contribution >= 0.6 is 0 Å². The summed E-state index contributed by atoms with van der Waals surface area (Å²) in [5, 5.41) is 2.87. The van der Waals surface area contributed by atoms with Crippen molar-refractivity contribution in [3.05, 3.63) is 60.2 Å². The Hall–Kier alpha value is -2.14. The Balaban J connectivity index is 1.82. The number of rotatable bonds is 5. The van der Waals surface area contributed by atoms with Crippen molar-refractivity contribution in [3.63, 3.8) is 0 Å². The van der Waals surface area contributed by atoms with Crippen LogP contribution in [0.15, 0.2) is 59.5 Å². The van der Waals surface area contributed by atoms with Crippen LogP contribution in [0.1, 0.15) is 18.9 Å². The third-order valence-electron chi connectivity index (χ3n) is 4.17. The van der Waals surface area contributed by atoms with E-state index < -0.39 is 9.84 Å². The number of para-hydroxylation sites is 1. The molecule has 0 aromatic heterocycles. The van der Waals surface area contributed by atoms with E-state index in [1.54, 1.807) is 54.6 Å². The highest BCUT2D eigenvalue weighted by Crippen LogP contribution is 2.38. The molecule has 0 bridgehead atoms. The van der Waals surface area contributed by atoms with Crippen molar-refractivity contribution in [3.8, 4) is 0 Å². The minimum Gasteiger partial charge on any atom is -0.326 e. The predicted molar refractivity (Wildman–Crippen MR) is 89.7 cm³/mol. The van der Waals surface area contributed by atoms with E-state index in [1.165, 1.54) is 0 Å². The highest BCUT2D eigenvalue weighted by Gasteiger charge is 2.39. The molecule has 1 aliphatic rings. The van der Waals surface area contributed by atoms with Gasteiger partial charge in [0, 0.05) is 11.6 Å². The molecule has 1 fully saturated rings. The van der Waals surface area contributed by atoms with Crippen molar-refractivity contribution in [1.29, 1.82) is 0 Å². The summed E-state index contributed by atoms with van der Waals surface area (Å²) < 4.78 is 25.1. The minimum atomic E-state index is -3.44. The molecule has 120 valence electrons. The van der Waals surface area contributed by atoms with Gasteiger partial charge in [-0.2, -0.15) is 0 Å². The lowest BCUT2D eigenvalue weighted by molar-refractivity contribution is -0.117. The van der Waals surface area contributed by atoms with Crippen LogP contribution in [0.25, 0.3) is 0 Å². The second kappa shape index (κ2) is 6.16. The highest BCUT2D eigenvalue weighted by molar-refractivity contribution is 7.90. The molecule has 1 aliphatic carbocycles. The zero-order valence-corrected chi connectivity index (χ0v) is 13.7. The van der Waals surface area contributed by atoms with Gasteiger partial charge >= 0.3 is 0 Å². The number of hydrogen-bond donors (Lipinski definition) is 1. The molecular formula is C18H19NO3S. The number of nitrogens with one attached hydrogen (secondary N) is 1. The summed E-state index contributed by atoms with van der Waals surface area (Å²) in [6.07, 6.45) is 0.899. The summed E-state index contributed by atoms with van der Waals surface area (Å²) >= 11 is 0. The first-order valence-corrected chi connectivity index (χ1v) is 9.29. The molecule has 1 saturated carbocycles. The van der Waals surface area contributed by atoms with Gasteiger partial charge in [0.2, 0.25) is 5.91 Å². The molecule has 2 aromatic carbocycles. The average molecular weight is 329 g/mol. The van der Waals surface area contributed by atoms with Crippen LogP contribution in [0, 0.1) is 11.8 Å². The molecule has 0 saturated heterocycles. The van der Waals surface area contributed by atoms with Crippen molar-refractivity contribution in [2.45, 2.75) is 24.0 Å². The van der Waals surface area contributed by atoms with Crippen molar-refractivity contribution in [1.82, 2.24) is 0 Å². The van der Waals surface area contributed by atoms with E-state index in [0.29, 0.717) is 17.2 Å². The third kappa shape index (κ3) is 3.62. The molecule has 2 aromatic rings.